The lowest BCUT2D eigenvalue weighted by Gasteiger charge is -2.28. The van der Waals surface area contributed by atoms with Crippen molar-refractivity contribution in [1.82, 2.24) is 20.5 Å². The number of fused-ring (bicyclic) bond motifs is 1. The molecule has 128 valence electrons. The summed E-state index contributed by atoms with van der Waals surface area (Å²) in [7, 11) is 0. The van der Waals surface area contributed by atoms with Crippen LogP contribution in [0.25, 0.3) is 10.9 Å². The SMILES string of the molecule is O=[N+]([O-])c1ccc(N2CCNCC2)nc1Nc1ccc2[nH]ncc2c1. The second kappa shape index (κ2) is 6.36. The van der Waals surface area contributed by atoms with Crippen molar-refractivity contribution >= 4 is 33.9 Å². The molecular weight excluding hydrogens is 322 g/mol. The molecule has 0 spiro atoms. The summed E-state index contributed by atoms with van der Waals surface area (Å²) in [5.74, 6) is 0.975. The molecule has 4 rings (SSSR count). The zero-order valence-corrected chi connectivity index (χ0v) is 13.4. The van der Waals surface area contributed by atoms with E-state index in [0.717, 1.165) is 48.6 Å². The van der Waals surface area contributed by atoms with Gasteiger partial charge in [-0.05, 0) is 24.3 Å². The van der Waals surface area contributed by atoms with Crippen LogP contribution >= 0.6 is 0 Å². The van der Waals surface area contributed by atoms with Crippen LogP contribution in [0.4, 0.5) is 23.0 Å². The number of rotatable bonds is 4. The summed E-state index contributed by atoms with van der Waals surface area (Å²) in [6.45, 7) is 3.40. The monoisotopic (exact) mass is 339 g/mol. The number of nitro groups is 1. The minimum absolute atomic E-state index is 0.0498. The summed E-state index contributed by atoms with van der Waals surface area (Å²) in [5, 5.41) is 25.5. The van der Waals surface area contributed by atoms with E-state index in [1.54, 1.807) is 12.3 Å². The molecule has 3 aromatic rings. The predicted octanol–water partition coefficient (Wildman–Crippen LogP) is 2.02. The first kappa shape index (κ1) is 15.3. The van der Waals surface area contributed by atoms with Crippen LogP contribution in [0, 0.1) is 10.1 Å². The highest BCUT2D eigenvalue weighted by Gasteiger charge is 2.19. The first-order valence-electron chi connectivity index (χ1n) is 8.02. The normalized spacial score (nSPS) is 14.6. The molecule has 3 heterocycles. The lowest BCUT2D eigenvalue weighted by molar-refractivity contribution is -0.384. The van der Waals surface area contributed by atoms with Gasteiger partial charge in [0.2, 0.25) is 5.82 Å². The minimum atomic E-state index is -0.423. The van der Waals surface area contributed by atoms with E-state index in [9.17, 15) is 10.1 Å². The Hall–Kier alpha value is -3.20. The molecule has 1 saturated heterocycles. The molecule has 0 radical (unpaired) electrons. The summed E-state index contributed by atoms with van der Waals surface area (Å²) < 4.78 is 0. The highest BCUT2D eigenvalue weighted by Crippen LogP contribution is 2.29. The number of aromatic nitrogens is 3. The van der Waals surface area contributed by atoms with Crippen LogP contribution in [-0.4, -0.2) is 46.3 Å². The zero-order valence-electron chi connectivity index (χ0n) is 13.4. The van der Waals surface area contributed by atoms with Gasteiger partial charge in [0.1, 0.15) is 5.82 Å². The van der Waals surface area contributed by atoms with E-state index in [0.29, 0.717) is 0 Å². The van der Waals surface area contributed by atoms with E-state index < -0.39 is 4.92 Å². The van der Waals surface area contributed by atoms with Crippen LogP contribution in [0.5, 0.6) is 0 Å². The fourth-order valence-corrected chi connectivity index (χ4v) is 2.91. The van der Waals surface area contributed by atoms with Crippen LogP contribution in [0.3, 0.4) is 0 Å². The molecule has 3 N–H and O–H groups in total. The second-order valence-electron chi connectivity index (χ2n) is 5.83. The van der Waals surface area contributed by atoms with E-state index in [-0.39, 0.29) is 11.5 Å². The van der Waals surface area contributed by atoms with Gasteiger partial charge in [0, 0.05) is 43.3 Å². The van der Waals surface area contributed by atoms with Gasteiger partial charge in [-0.2, -0.15) is 5.10 Å². The third-order valence-electron chi connectivity index (χ3n) is 4.20. The molecule has 25 heavy (non-hydrogen) atoms. The van der Waals surface area contributed by atoms with Crippen molar-refractivity contribution in [3.63, 3.8) is 0 Å². The topological polar surface area (TPSA) is 112 Å². The van der Waals surface area contributed by atoms with Crippen LogP contribution < -0.4 is 15.5 Å². The van der Waals surface area contributed by atoms with Crippen LogP contribution in [0.2, 0.25) is 0 Å². The third-order valence-corrected chi connectivity index (χ3v) is 4.20. The Morgan fingerprint density at radius 2 is 2.04 bits per heavy atom. The van der Waals surface area contributed by atoms with Gasteiger partial charge < -0.3 is 15.5 Å². The van der Waals surface area contributed by atoms with Gasteiger partial charge in [-0.1, -0.05) is 0 Å². The first-order chi connectivity index (χ1) is 12.2. The molecule has 9 nitrogen and oxygen atoms in total. The summed E-state index contributed by atoms with van der Waals surface area (Å²) in [6.07, 6.45) is 1.71. The molecular formula is C16H17N7O2. The van der Waals surface area contributed by atoms with E-state index in [1.807, 2.05) is 18.2 Å². The van der Waals surface area contributed by atoms with Crippen LogP contribution in [-0.2, 0) is 0 Å². The van der Waals surface area contributed by atoms with Crippen molar-refractivity contribution in [2.45, 2.75) is 0 Å². The maximum absolute atomic E-state index is 11.4. The number of nitrogens with one attached hydrogen (secondary N) is 3. The van der Waals surface area contributed by atoms with E-state index in [1.165, 1.54) is 6.07 Å². The highest BCUT2D eigenvalue weighted by molar-refractivity contribution is 5.83. The second-order valence-corrected chi connectivity index (χ2v) is 5.83. The van der Waals surface area contributed by atoms with Crippen LogP contribution in [0.15, 0.2) is 36.5 Å². The maximum Gasteiger partial charge on any atom is 0.311 e. The Balaban J connectivity index is 1.68. The van der Waals surface area contributed by atoms with Gasteiger partial charge >= 0.3 is 5.69 Å². The van der Waals surface area contributed by atoms with Crippen molar-refractivity contribution < 1.29 is 4.92 Å². The van der Waals surface area contributed by atoms with Crippen molar-refractivity contribution in [3.05, 3.63) is 46.6 Å². The lowest BCUT2D eigenvalue weighted by Crippen LogP contribution is -2.43. The van der Waals surface area contributed by atoms with Gasteiger partial charge in [-0.3, -0.25) is 15.2 Å². The van der Waals surface area contributed by atoms with E-state index in [4.69, 9.17) is 0 Å². The summed E-state index contributed by atoms with van der Waals surface area (Å²) in [5.41, 5.74) is 1.58. The number of aromatic amines is 1. The predicted molar refractivity (Wildman–Crippen MR) is 95.4 cm³/mol. The quantitative estimate of drug-likeness (QED) is 0.492. The molecule has 0 aliphatic carbocycles. The van der Waals surface area contributed by atoms with Crippen molar-refractivity contribution in [2.24, 2.45) is 0 Å². The highest BCUT2D eigenvalue weighted by atomic mass is 16.6. The Bertz CT molecular complexity index is 918. The van der Waals surface area contributed by atoms with Crippen molar-refractivity contribution in [2.75, 3.05) is 36.4 Å². The third kappa shape index (κ3) is 3.09. The van der Waals surface area contributed by atoms with Gasteiger partial charge in [0.25, 0.3) is 0 Å². The average Bonchev–Trinajstić information content (AvgIpc) is 3.10. The van der Waals surface area contributed by atoms with Gasteiger partial charge in [0.15, 0.2) is 0 Å². The van der Waals surface area contributed by atoms with Gasteiger partial charge in [-0.15, -0.1) is 0 Å². The molecule has 1 aromatic carbocycles. The Morgan fingerprint density at radius 1 is 1.20 bits per heavy atom. The number of anilines is 3. The smallest absolute Gasteiger partial charge is 0.311 e. The largest absolute Gasteiger partial charge is 0.354 e. The number of piperazine rings is 1. The molecule has 1 aliphatic rings. The Kier molecular flexibility index (Phi) is 3.90. The molecule has 2 aromatic heterocycles. The molecule has 0 saturated carbocycles. The Labute approximate surface area is 143 Å². The van der Waals surface area contributed by atoms with Crippen molar-refractivity contribution in [3.8, 4) is 0 Å². The maximum atomic E-state index is 11.4. The average molecular weight is 339 g/mol. The number of hydrogen-bond acceptors (Lipinski definition) is 7. The molecule has 9 heteroatoms. The standard InChI is InChI=1S/C16H17N7O2/c24-23(25)14-3-4-15(22-7-5-17-6-8-22)20-16(14)19-12-1-2-13-11(9-12)10-18-21-13/h1-4,9-10,17H,5-8H2,(H,18,21)(H,19,20). The fraction of sp³-hybridized carbons (Fsp3) is 0.250. The van der Waals surface area contributed by atoms with E-state index >= 15 is 0 Å². The number of hydrogen-bond donors (Lipinski definition) is 3. The summed E-state index contributed by atoms with van der Waals surface area (Å²) in [4.78, 5) is 17.6. The minimum Gasteiger partial charge on any atom is -0.354 e. The first-order valence-corrected chi connectivity index (χ1v) is 8.02. The van der Waals surface area contributed by atoms with Crippen molar-refractivity contribution in [1.29, 1.82) is 0 Å². The number of pyridine rings is 1. The zero-order chi connectivity index (χ0) is 17.2. The number of H-pyrrole nitrogens is 1. The fourth-order valence-electron chi connectivity index (χ4n) is 2.91. The molecule has 0 bridgehead atoms. The van der Waals surface area contributed by atoms with Gasteiger partial charge in [-0.25, -0.2) is 4.98 Å². The number of benzene rings is 1. The van der Waals surface area contributed by atoms with Crippen LogP contribution in [0.1, 0.15) is 0 Å². The molecule has 1 aliphatic heterocycles. The molecule has 0 unspecified atom stereocenters. The molecule has 0 atom stereocenters. The molecule has 1 fully saturated rings. The van der Waals surface area contributed by atoms with E-state index in [2.05, 4.69) is 30.7 Å². The number of nitrogens with zero attached hydrogens (tertiary/aromatic N) is 4. The Morgan fingerprint density at radius 3 is 2.84 bits per heavy atom. The lowest BCUT2D eigenvalue weighted by atomic mass is 10.2. The molecule has 0 amide bonds. The van der Waals surface area contributed by atoms with Gasteiger partial charge in [0.05, 0.1) is 16.6 Å². The summed E-state index contributed by atoms with van der Waals surface area (Å²) >= 11 is 0. The summed E-state index contributed by atoms with van der Waals surface area (Å²) in [6, 6.07) is 8.79.